The zero-order valence-electron chi connectivity index (χ0n) is 13.0. The van der Waals surface area contributed by atoms with Gasteiger partial charge in [-0.2, -0.15) is 5.26 Å². The molecule has 1 fully saturated rings. The highest BCUT2D eigenvalue weighted by Gasteiger charge is 2.28. The summed E-state index contributed by atoms with van der Waals surface area (Å²) >= 11 is 0. The minimum absolute atomic E-state index is 0.0116. The van der Waals surface area contributed by atoms with E-state index >= 15 is 0 Å². The van der Waals surface area contributed by atoms with Crippen LogP contribution in [0.1, 0.15) is 45.1 Å². The van der Waals surface area contributed by atoms with Gasteiger partial charge in [0.2, 0.25) is 0 Å². The van der Waals surface area contributed by atoms with Crippen molar-refractivity contribution in [2.24, 2.45) is 5.92 Å². The summed E-state index contributed by atoms with van der Waals surface area (Å²) in [5, 5.41) is 11.7. The van der Waals surface area contributed by atoms with Gasteiger partial charge in [-0.15, -0.1) is 0 Å². The second kappa shape index (κ2) is 7.55. The van der Waals surface area contributed by atoms with Crippen molar-refractivity contribution >= 4 is 5.69 Å². The van der Waals surface area contributed by atoms with Gasteiger partial charge in [-0.1, -0.05) is 26.7 Å². The van der Waals surface area contributed by atoms with Gasteiger partial charge in [0, 0.05) is 12.6 Å². The first-order chi connectivity index (χ1) is 10.6. The molecule has 120 valence electrons. The fourth-order valence-electron chi connectivity index (χ4n) is 3.08. The molecule has 2 unspecified atom stereocenters. The second-order valence-corrected chi connectivity index (χ2v) is 5.78. The molecule has 1 saturated heterocycles. The number of benzene rings is 1. The number of hydrogen-bond donors (Lipinski definition) is 1. The molecule has 2 rings (SSSR count). The maximum absolute atomic E-state index is 14.0. The Labute approximate surface area is 130 Å². The van der Waals surface area contributed by atoms with Gasteiger partial charge in [0.1, 0.15) is 5.69 Å². The average molecular weight is 308 g/mol. The molecule has 0 radical (unpaired) electrons. The molecule has 1 aliphatic heterocycles. The number of nitrogens with zero attached hydrogens (tertiary/aromatic N) is 1. The van der Waals surface area contributed by atoms with Crippen molar-refractivity contribution in [2.45, 2.75) is 51.7 Å². The first kappa shape index (κ1) is 16.7. The van der Waals surface area contributed by atoms with E-state index in [1.165, 1.54) is 0 Å². The smallest absolute Gasteiger partial charge is 0.150 e. The molecule has 0 amide bonds. The molecule has 2 atom stereocenters. The van der Waals surface area contributed by atoms with Gasteiger partial charge < -0.3 is 10.1 Å². The molecule has 0 spiro atoms. The number of anilines is 1. The highest BCUT2D eigenvalue weighted by Crippen LogP contribution is 2.29. The Kier molecular flexibility index (Phi) is 5.73. The molecule has 0 aliphatic carbocycles. The Hall–Kier alpha value is -1.67. The zero-order valence-corrected chi connectivity index (χ0v) is 13.0. The second-order valence-electron chi connectivity index (χ2n) is 5.78. The standard InChI is InChI=1S/C17H22F2N2O/c1-3-12(4-2)16-9-13(5-6-22-16)21-17-14(18)7-11(10-20)8-15(17)19/h7-8,12-13,16,21H,3-6,9H2,1-2H3. The van der Waals surface area contributed by atoms with Gasteiger partial charge in [-0.25, -0.2) is 8.78 Å². The Morgan fingerprint density at radius 2 is 1.95 bits per heavy atom. The van der Waals surface area contributed by atoms with Crippen LogP contribution in [0.5, 0.6) is 0 Å². The maximum Gasteiger partial charge on any atom is 0.150 e. The van der Waals surface area contributed by atoms with Crippen LogP contribution in [0.25, 0.3) is 0 Å². The minimum atomic E-state index is -0.720. The van der Waals surface area contributed by atoms with E-state index in [4.69, 9.17) is 10.00 Å². The summed E-state index contributed by atoms with van der Waals surface area (Å²) < 4.78 is 33.7. The first-order valence-electron chi connectivity index (χ1n) is 7.86. The van der Waals surface area contributed by atoms with Crippen LogP contribution < -0.4 is 5.32 Å². The third-order valence-corrected chi connectivity index (χ3v) is 4.41. The molecule has 1 N–H and O–H groups in total. The van der Waals surface area contributed by atoms with E-state index in [1.807, 2.05) is 0 Å². The lowest BCUT2D eigenvalue weighted by molar-refractivity contribution is -0.0271. The molecule has 1 aliphatic rings. The number of nitrogens with one attached hydrogen (secondary N) is 1. The van der Waals surface area contributed by atoms with Crippen molar-refractivity contribution in [3.8, 4) is 6.07 Å². The van der Waals surface area contributed by atoms with Gasteiger partial charge in [0.05, 0.1) is 17.7 Å². The van der Waals surface area contributed by atoms with Crippen molar-refractivity contribution in [1.82, 2.24) is 0 Å². The zero-order chi connectivity index (χ0) is 16.1. The number of halogens is 2. The lowest BCUT2D eigenvalue weighted by Gasteiger charge is -2.35. The van der Waals surface area contributed by atoms with Crippen LogP contribution in [0.4, 0.5) is 14.5 Å². The molecule has 5 heteroatoms. The summed E-state index contributed by atoms with van der Waals surface area (Å²) in [5.41, 5.74) is -0.156. The molecule has 3 nitrogen and oxygen atoms in total. The van der Waals surface area contributed by atoms with Crippen LogP contribution in [0.2, 0.25) is 0 Å². The van der Waals surface area contributed by atoms with Crippen molar-refractivity contribution in [2.75, 3.05) is 11.9 Å². The fourth-order valence-corrected chi connectivity index (χ4v) is 3.08. The van der Waals surface area contributed by atoms with Gasteiger partial charge >= 0.3 is 0 Å². The van der Waals surface area contributed by atoms with E-state index < -0.39 is 11.6 Å². The summed E-state index contributed by atoms with van der Waals surface area (Å²) in [7, 11) is 0. The highest BCUT2D eigenvalue weighted by molar-refractivity contribution is 5.51. The van der Waals surface area contributed by atoms with Crippen molar-refractivity contribution in [1.29, 1.82) is 5.26 Å². The molecule has 1 aromatic rings. The quantitative estimate of drug-likeness (QED) is 0.885. The van der Waals surface area contributed by atoms with Crippen LogP contribution in [0.15, 0.2) is 12.1 Å². The SMILES string of the molecule is CCC(CC)C1CC(Nc2c(F)cc(C#N)cc2F)CCO1. The Balaban J connectivity index is 2.09. The summed E-state index contributed by atoms with van der Waals surface area (Å²) in [6.45, 7) is 4.86. The Morgan fingerprint density at radius 3 is 2.50 bits per heavy atom. The van der Waals surface area contributed by atoms with Crippen LogP contribution >= 0.6 is 0 Å². The van der Waals surface area contributed by atoms with E-state index in [9.17, 15) is 8.78 Å². The summed E-state index contributed by atoms with van der Waals surface area (Å²) in [6, 6.07) is 3.85. The maximum atomic E-state index is 14.0. The lowest BCUT2D eigenvalue weighted by atomic mass is 9.89. The van der Waals surface area contributed by atoms with Gasteiger partial charge in [-0.05, 0) is 30.9 Å². The van der Waals surface area contributed by atoms with E-state index in [-0.39, 0.29) is 23.4 Å². The fraction of sp³-hybridized carbons (Fsp3) is 0.588. The highest BCUT2D eigenvalue weighted by atomic mass is 19.1. The third-order valence-electron chi connectivity index (χ3n) is 4.41. The monoisotopic (exact) mass is 308 g/mol. The number of nitriles is 1. The van der Waals surface area contributed by atoms with E-state index in [1.54, 1.807) is 6.07 Å². The molecule has 1 heterocycles. The number of rotatable bonds is 5. The van der Waals surface area contributed by atoms with E-state index in [0.29, 0.717) is 12.5 Å². The first-order valence-corrected chi connectivity index (χ1v) is 7.86. The molecule has 0 saturated carbocycles. The molecule has 1 aromatic carbocycles. The number of ether oxygens (including phenoxy) is 1. The van der Waals surface area contributed by atoms with Crippen LogP contribution in [-0.2, 0) is 4.74 Å². The Morgan fingerprint density at radius 1 is 1.32 bits per heavy atom. The summed E-state index contributed by atoms with van der Waals surface area (Å²) in [6.07, 6.45) is 3.66. The largest absolute Gasteiger partial charge is 0.378 e. The molecular formula is C17H22F2N2O. The van der Waals surface area contributed by atoms with Gasteiger partial charge in [-0.3, -0.25) is 0 Å². The lowest BCUT2D eigenvalue weighted by Crippen LogP contribution is -2.38. The summed E-state index contributed by atoms with van der Waals surface area (Å²) in [5.74, 6) is -0.968. The van der Waals surface area contributed by atoms with E-state index in [2.05, 4.69) is 19.2 Å². The Bertz CT molecular complexity index is 529. The van der Waals surface area contributed by atoms with Crippen LogP contribution in [-0.4, -0.2) is 18.8 Å². The van der Waals surface area contributed by atoms with Crippen molar-refractivity contribution in [3.63, 3.8) is 0 Å². The van der Waals surface area contributed by atoms with Gasteiger partial charge in [0.25, 0.3) is 0 Å². The molecule has 0 aromatic heterocycles. The predicted octanol–water partition coefficient (Wildman–Crippen LogP) is 4.23. The normalized spacial score (nSPS) is 21.6. The van der Waals surface area contributed by atoms with E-state index in [0.717, 1.165) is 37.8 Å². The van der Waals surface area contributed by atoms with Crippen molar-refractivity contribution in [3.05, 3.63) is 29.3 Å². The van der Waals surface area contributed by atoms with Gasteiger partial charge in [0.15, 0.2) is 11.6 Å². The molecular weight excluding hydrogens is 286 g/mol. The van der Waals surface area contributed by atoms with Crippen LogP contribution in [0.3, 0.4) is 0 Å². The third kappa shape index (κ3) is 3.75. The molecule has 0 bridgehead atoms. The summed E-state index contributed by atoms with van der Waals surface area (Å²) in [4.78, 5) is 0. The van der Waals surface area contributed by atoms with Crippen molar-refractivity contribution < 1.29 is 13.5 Å². The topological polar surface area (TPSA) is 45.0 Å². The predicted molar refractivity (Wildman–Crippen MR) is 81.5 cm³/mol. The van der Waals surface area contributed by atoms with Crippen LogP contribution in [0, 0.1) is 28.9 Å². The molecule has 22 heavy (non-hydrogen) atoms. The average Bonchev–Trinajstić information content (AvgIpc) is 2.52. The number of hydrogen-bond acceptors (Lipinski definition) is 3. The minimum Gasteiger partial charge on any atom is -0.378 e.